The van der Waals surface area contributed by atoms with Crippen LogP contribution < -0.4 is 5.32 Å². The van der Waals surface area contributed by atoms with Gasteiger partial charge in [-0.15, -0.1) is 0 Å². The zero-order valence-corrected chi connectivity index (χ0v) is 19.6. The van der Waals surface area contributed by atoms with Crippen molar-refractivity contribution in [1.82, 2.24) is 9.62 Å². The number of benzene rings is 2. The number of sulfonamides is 1. The molecule has 0 aliphatic carbocycles. The molecule has 1 atom stereocenters. The third-order valence-electron chi connectivity index (χ3n) is 5.49. The second-order valence-corrected chi connectivity index (χ2v) is 10.4. The van der Waals surface area contributed by atoms with Crippen molar-refractivity contribution in [2.45, 2.75) is 37.6 Å². The molecule has 1 unspecified atom stereocenters. The maximum Gasteiger partial charge on any atom is 0.243 e. The summed E-state index contributed by atoms with van der Waals surface area (Å²) in [5, 5.41) is 3.96. The number of carbonyl (C=O) groups is 2. The molecule has 0 saturated carbocycles. The Morgan fingerprint density at radius 3 is 2.39 bits per heavy atom. The maximum atomic E-state index is 13.0. The van der Waals surface area contributed by atoms with Gasteiger partial charge in [-0.1, -0.05) is 41.4 Å². The van der Waals surface area contributed by atoms with E-state index in [4.69, 9.17) is 23.2 Å². The SMILES string of the molecule is CC(=O)c1cccc(S(=O)(=O)N2CCC(C(=O)NC(C)c3ccc(Cl)cc3Cl)CC2)c1. The Labute approximate surface area is 192 Å². The number of nitrogens with one attached hydrogen (secondary N) is 1. The van der Waals surface area contributed by atoms with Crippen LogP contribution in [0.1, 0.15) is 48.7 Å². The first kappa shape index (κ1) is 23.7. The second kappa shape index (κ2) is 9.69. The van der Waals surface area contributed by atoms with E-state index in [1.54, 1.807) is 30.3 Å². The molecule has 0 bridgehead atoms. The molecule has 0 radical (unpaired) electrons. The van der Waals surface area contributed by atoms with Crippen LogP contribution in [-0.2, 0) is 14.8 Å². The highest BCUT2D eigenvalue weighted by Gasteiger charge is 2.32. The highest BCUT2D eigenvalue weighted by atomic mass is 35.5. The first-order valence-corrected chi connectivity index (χ1v) is 12.2. The summed E-state index contributed by atoms with van der Waals surface area (Å²) in [5.74, 6) is -0.611. The predicted octanol–water partition coefficient (Wildman–Crippen LogP) is 4.47. The maximum absolute atomic E-state index is 13.0. The minimum atomic E-state index is -3.72. The van der Waals surface area contributed by atoms with Crippen molar-refractivity contribution in [3.05, 3.63) is 63.6 Å². The van der Waals surface area contributed by atoms with Crippen LogP contribution in [0.15, 0.2) is 47.4 Å². The number of hydrogen-bond donors (Lipinski definition) is 1. The molecule has 1 N–H and O–H groups in total. The highest BCUT2D eigenvalue weighted by molar-refractivity contribution is 7.89. The van der Waals surface area contributed by atoms with Crippen LogP contribution in [0, 0.1) is 5.92 Å². The van der Waals surface area contributed by atoms with E-state index in [9.17, 15) is 18.0 Å². The van der Waals surface area contributed by atoms with E-state index in [1.807, 2.05) is 6.92 Å². The molecule has 0 spiro atoms. The van der Waals surface area contributed by atoms with Crippen molar-refractivity contribution >= 4 is 44.9 Å². The lowest BCUT2D eigenvalue weighted by Crippen LogP contribution is -2.43. The summed E-state index contributed by atoms with van der Waals surface area (Å²) in [7, 11) is -3.72. The number of hydrogen-bond acceptors (Lipinski definition) is 4. The van der Waals surface area contributed by atoms with Gasteiger partial charge in [0.1, 0.15) is 0 Å². The van der Waals surface area contributed by atoms with Crippen LogP contribution in [0.2, 0.25) is 10.0 Å². The van der Waals surface area contributed by atoms with Gasteiger partial charge in [0.2, 0.25) is 15.9 Å². The lowest BCUT2D eigenvalue weighted by molar-refractivity contribution is -0.126. The number of halogens is 2. The van der Waals surface area contributed by atoms with Gasteiger partial charge in [0.05, 0.1) is 10.9 Å². The van der Waals surface area contributed by atoms with Gasteiger partial charge in [0.25, 0.3) is 0 Å². The minimum absolute atomic E-state index is 0.0918. The molecule has 1 heterocycles. The standard InChI is InChI=1S/C22H24Cl2N2O4S/c1-14(20-7-6-18(23)13-21(20)24)25-22(28)16-8-10-26(11-9-16)31(29,30)19-5-3-4-17(12-19)15(2)27/h3-7,12-14,16H,8-11H2,1-2H3,(H,25,28). The van der Waals surface area contributed by atoms with Crippen LogP contribution in [0.5, 0.6) is 0 Å². The first-order valence-electron chi connectivity index (χ1n) is 9.96. The molecule has 1 amide bonds. The molecule has 3 rings (SSSR count). The Hall–Kier alpha value is -1.93. The lowest BCUT2D eigenvalue weighted by Gasteiger charge is -2.31. The van der Waals surface area contributed by atoms with E-state index in [-0.39, 0.29) is 41.6 Å². The molecule has 1 aliphatic rings. The third-order valence-corrected chi connectivity index (χ3v) is 7.95. The first-order chi connectivity index (χ1) is 14.6. The fraction of sp³-hybridized carbons (Fsp3) is 0.364. The van der Waals surface area contributed by atoms with Crippen molar-refractivity contribution in [3.8, 4) is 0 Å². The summed E-state index contributed by atoms with van der Waals surface area (Å²) in [5.41, 5.74) is 1.12. The van der Waals surface area contributed by atoms with Crippen LogP contribution in [-0.4, -0.2) is 37.5 Å². The number of rotatable bonds is 6. The van der Waals surface area contributed by atoms with Crippen molar-refractivity contribution in [3.63, 3.8) is 0 Å². The number of nitrogens with zero attached hydrogens (tertiary/aromatic N) is 1. The van der Waals surface area contributed by atoms with Gasteiger partial charge in [-0.3, -0.25) is 9.59 Å². The fourth-order valence-electron chi connectivity index (χ4n) is 3.64. The molecule has 6 nitrogen and oxygen atoms in total. The summed E-state index contributed by atoms with van der Waals surface area (Å²) in [6, 6.07) is 10.9. The molecule has 1 saturated heterocycles. The Morgan fingerprint density at radius 1 is 1.10 bits per heavy atom. The van der Waals surface area contributed by atoms with E-state index in [0.717, 1.165) is 5.56 Å². The third kappa shape index (κ3) is 5.47. The quantitative estimate of drug-likeness (QED) is 0.615. The van der Waals surface area contributed by atoms with E-state index in [1.165, 1.54) is 23.4 Å². The fourth-order valence-corrected chi connectivity index (χ4v) is 5.73. The van der Waals surface area contributed by atoms with Gasteiger partial charge in [-0.2, -0.15) is 4.31 Å². The summed E-state index contributed by atoms with van der Waals surface area (Å²) in [4.78, 5) is 24.4. The van der Waals surface area contributed by atoms with E-state index in [2.05, 4.69) is 5.32 Å². The van der Waals surface area contributed by atoms with E-state index >= 15 is 0 Å². The second-order valence-electron chi connectivity index (χ2n) is 7.66. The van der Waals surface area contributed by atoms with Gasteiger partial charge in [0.15, 0.2) is 5.78 Å². The number of piperidine rings is 1. The summed E-state index contributed by atoms with van der Waals surface area (Å²) < 4.78 is 27.3. The Balaban J connectivity index is 1.62. The molecule has 2 aromatic carbocycles. The van der Waals surface area contributed by atoms with Gasteiger partial charge in [-0.25, -0.2) is 8.42 Å². The molecule has 31 heavy (non-hydrogen) atoms. The molecule has 166 valence electrons. The Morgan fingerprint density at radius 2 is 1.77 bits per heavy atom. The van der Waals surface area contributed by atoms with E-state index in [0.29, 0.717) is 28.5 Å². The number of carbonyl (C=O) groups excluding carboxylic acids is 2. The summed E-state index contributed by atoms with van der Waals surface area (Å²) in [6.45, 7) is 3.71. The number of amides is 1. The van der Waals surface area contributed by atoms with Crippen molar-refractivity contribution in [1.29, 1.82) is 0 Å². The smallest absolute Gasteiger partial charge is 0.243 e. The summed E-state index contributed by atoms with van der Waals surface area (Å²) >= 11 is 12.1. The predicted molar refractivity (Wildman–Crippen MR) is 121 cm³/mol. The van der Waals surface area contributed by atoms with E-state index < -0.39 is 10.0 Å². The summed E-state index contributed by atoms with van der Waals surface area (Å²) in [6.07, 6.45) is 0.830. The molecular formula is C22H24Cl2N2O4S. The monoisotopic (exact) mass is 482 g/mol. The zero-order chi connectivity index (χ0) is 22.8. The minimum Gasteiger partial charge on any atom is -0.349 e. The van der Waals surface area contributed by atoms with Crippen molar-refractivity contribution < 1.29 is 18.0 Å². The van der Waals surface area contributed by atoms with Gasteiger partial charge < -0.3 is 5.32 Å². The van der Waals surface area contributed by atoms with Gasteiger partial charge in [0, 0.05) is 34.6 Å². The zero-order valence-electron chi connectivity index (χ0n) is 17.3. The molecule has 1 fully saturated rings. The van der Waals surface area contributed by atoms with Crippen molar-refractivity contribution in [2.24, 2.45) is 5.92 Å². The molecule has 1 aliphatic heterocycles. The normalized spacial score (nSPS) is 16.6. The number of Topliss-reactive ketones (excluding diaryl/α,β-unsaturated/α-hetero) is 1. The van der Waals surface area contributed by atoms with Crippen LogP contribution in [0.4, 0.5) is 0 Å². The molecule has 2 aromatic rings. The van der Waals surface area contributed by atoms with Crippen LogP contribution in [0.25, 0.3) is 0 Å². The Kier molecular flexibility index (Phi) is 7.42. The highest BCUT2D eigenvalue weighted by Crippen LogP contribution is 2.28. The van der Waals surface area contributed by atoms with Crippen LogP contribution in [0.3, 0.4) is 0 Å². The van der Waals surface area contributed by atoms with Crippen LogP contribution >= 0.6 is 23.2 Å². The number of ketones is 1. The van der Waals surface area contributed by atoms with Gasteiger partial charge in [-0.05, 0) is 56.5 Å². The average Bonchev–Trinajstić information content (AvgIpc) is 2.73. The topological polar surface area (TPSA) is 83.6 Å². The van der Waals surface area contributed by atoms with Crippen molar-refractivity contribution in [2.75, 3.05) is 13.1 Å². The molecule has 0 aromatic heterocycles. The Bertz CT molecular complexity index is 1100. The van der Waals surface area contributed by atoms with Gasteiger partial charge >= 0.3 is 0 Å². The lowest BCUT2D eigenvalue weighted by atomic mass is 9.96. The molecular weight excluding hydrogens is 459 g/mol. The average molecular weight is 483 g/mol. The largest absolute Gasteiger partial charge is 0.349 e. The molecule has 9 heteroatoms.